The lowest BCUT2D eigenvalue weighted by Gasteiger charge is -2.27. The van der Waals surface area contributed by atoms with Gasteiger partial charge in [0.15, 0.2) is 11.5 Å². The Morgan fingerprint density at radius 1 is 1.04 bits per heavy atom. The molecule has 7 heteroatoms. The molecule has 0 unspecified atom stereocenters. The summed E-state index contributed by atoms with van der Waals surface area (Å²) < 4.78 is 5.83. The molecule has 0 atom stereocenters. The van der Waals surface area contributed by atoms with Crippen LogP contribution in [0.1, 0.15) is 31.8 Å². The van der Waals surface area contributed by atoms with Gasteiger partial charge in [-0.05, 0) is 37.1 Å². The van der Waals surface area contributed by atoms with E-state index in [1.54, 1.807) is 19.9 Å². The topological polar surface area (TPSA) is 122 Å². The normalized spacial score (nSPS) is 11.7. The minimum Gasteiger partial charge on any atom is -0.478 e. The zero-order valence-corrected chi connectivity index (χ0v) is 12.4. The van der Waals surface area contributed by atoms with Gasteiger partial charge in [-0.15, -0.1) is 0 Å². The molecule has 3 rings (SSSR count). The van der Waals surface area contributed by atoms with E-state index in [1.165, 1.54) is 12.1 Å². The summed E-state index contributed by atoms with van der Waals surface area (Å²) in [5.41, 5.74) is 7.50. The van der Waals surface area contributed by atoms with E-state index in [1.807, 2.05) is 0 Å². The second-order valence-electron chi connectivity index (χ2n) is 5.33. The van der Waals surface area contributed by atoms with Gasteiger partial charge in [0.25, 0.3) is 0 Å². The van der Waals surface area contributed by atoms with Crippen LogP contribution < -0.4 is 15.8 Å². The van der Waals surface area contributed by atoms with Gasteiger partial charge >= 0.3 is 11.9 Å². The standard InChI is InChI=1S/C16H14N2O5/c1-6-3-4-8(15(19)20)11-13(6)23-14-7(2)5-9(17)10(16(21)22)12(14)18-11/h3-5,18H,17H2,1-2H3,(H,19,20)(H,21,22). The minimum absolute atomic E-state index is 0.00679. The van der Waals surface area contributed by atoms with Crippen molar-refractivity contribution in [3.05, 3.63) is 40.5 Å². The molecule has 0 aromatic heterocycles. The van der Waals surface area contributed by atoms with Crippen LogP contribution in [0.2, 0.25) is 0 Å². The third-order valence-electron chi connectivity index (χ3n) is 3.75. The Bertz CT molecular complexity index is 874. The molecule has 23 heavy (non-hydrogen) atoms. The number of hydrogen-bond acceptors (Lipinski definition) is 5. The van der Waals surface area contributed by atoms with Crippen molar-refractivity contribution in [2.45, 2.75) is 13.8 Å². The molecule has 0 spiro atoms. The molecule has 1 heterocycles. The first kappa shape index (κ1) is 14.7. The van der Waals surface area contributed by atoms with Crippen molar-refractivity contribution in [3.8, 4) is 11.5 Å². The fourth-order valence-electron chi connectivity index (χ4n) is 2.65. The molecule has 0 amide bonds. The van der Waals surface area contributed by atoms with E-state index < -0.39 is 11.9 Å². The van der Waals surface area contributed by atoms with E-state index >= 15 is 0 Å². The molecular weight excluding hydrogens is 300 g/mol. The molecule has 118 valence electrons. The Kier molecular flexibility index (Phi) is 3.14. The van der Waals surface area contributed by atoms with Gasteiger partial charge < -0.3 is 26.0 Å². The predicted octanol–water partition coefficient (Wildman–Crippen LogP) is 3.13. The van der Waals surface area contributed by atoms with E-state index in [2.05, 4.69) is 5.32 Å². The Labute approximate surface area is 131 Å². The number of aryl methyl sites for hydroxylation is 2. The molecule has 0 aliphatic carbocycles. The molecule has 0 saturated heterocycles. The van der Waals surface area contributed by atoms with Crippen LogP contribution in [0.4, 0.5) is 17.1 Å². The summed E-state index contributed by atoms with van der Waals surface area (Å²) >= 11 is 0. The maximum atomic E-state index is 11.5. The van der Waals surface area contributed by atoms with Crippen molar-refractivity contribution in [1.29, 1.82) is 0 Å². The Morgan fingerprint density at radius 3 is 2.30 bits per heavy atom. The SMILES string of the molecule is Cc1ccc(C(=O)O)c2c1Oc1c(C)cc(N)c(C(=O)O)c1N2. The van der Waals surface area contributed by atoms with Crippen LogP contribution in [-0.4, -0.2) is 22.2 Å². The molecule has 0 saturated carbocycles. The number of nitrogen functional groups attached to an aromatic ring is 1. The second-order valence-corrected chi connectivity index (χ2v) is 5.33. The number of carboxylic acid groups (broad SMARTS) is 2. The van der Waals surface area contributed by atoms with Gasteiger partial charge in [-0.3, -0.25) is 0 Å². The summed E-state index contributed by atoms with van der Waals surface area (Å²) in [7, 11) is 0. The highest BCUT2D eigenvalue weighted by Gasteiger charge is 2.30. The summed E-state index contributed by atoms with van der Waals surface area (Å²) in [6.45, 7) is 3.52. The highest BCUT2D eigenvalue weighted by atomic mass is 16.5. The van der Waals surface area contributed by atoms with Gasteiger partial charge in [0, 0.05) is 5.69 Å². The van der Waals surface area contributed by atoms with E-state index in [4.69, 9.17) is 10.5 Å². The maximum absolute atomic E-state index is 11.5. The molecule has 0 bridgehead atoms. The number of aromatic carboxylic acids is 2. The lowest BCUT2D eigenvalue weighted by molar-refractivity contribution is 0.0688. The zero-order valence-electron chi connectivity index (χ0n) is 12.4. The first-order valence-electron chi connectivity index (χ1n) is 6.79. The van der Waals surface area contributed by atoms with Gasteiger partial charge in [-0.2, -0.15) is 0 Å². The van der Waals surface area contributed by atoms with Gasteiger partial charge in [-0.25, -0.2) is 9.59 Å². The Morgan fingerprint density at radius 2 is 1.70 bits per heavy atom. The number of rotatable bonds is 2. The van der Waals surface area contributed by atoms with E-state index in [9.17, 15) is 19.8 Å². The van der Waals surface area contributed by atoms with Gasteiger partial charge in [0.2, 0.25) is 0 Å². The highest BCUT2D eigenvalue weighted by molar-refractivity contribution is 6.06. The van der Waals surface area contributed by atoms with E-state index in [0.717, 1.165) is 5.56 Å². The van der Waals surface area contributed by atoms with Gasteiger partial charge in [-0.1, -0.05) is 6.07 Å². The minimum atomic E-state index is -1.22. The summed E-state index contributed by atoms with van der Waals surface area (Å²) in [6, 6.07) is 4.60. The molecule has 1 aliphatic rings. The predicted molar refractivity (Wildman–Crippen MR) is 84.0 cm³/mol. The number of carbonyl (C=O) groups is 2. The number of nitrogens with one attached hydrogen (secondary N) is 1. The monoisotopic (exact) mass is 314 g/mol. The molecule has 1 aliphatic heterocycles. The molecular formula is C16H14N2O5. The Hall–Kier alpha value is -3.22. The summed E-state index contributed by atoms with van der Waals surface area (Å²) in [5.74, 6) is -1.67. The van der Waals surface area contributed by atoms with Crippen LogP contribution in [0, 0.1) is 13.8 Å². The number of nitrogens with two attached hydrogens (primary N) is 1. The number of ether oxygens (including phenoxy) is 1. The zero-order chi connectivity index (χ0) is 16.9. The first-order valence-corrected chi connectivity index (χ1v) is 6.79. The summed E-state index contributed by atoms with van der Waals surface area (Å²) in [6.07, 6.45) is 0. The van der Waals surface area contributed by atoms with Crippen molar-refractivity contribution in [1.82, 2.24) is 0 Å². The molecule has 7 nitrogen and oxygen atoms in total. The van der Waals surface area contributed by atoms with Gasteiger partial charge in [0.1, 0.15) is 5.56 Å². The largest absolute Gasteiger partial charge is 0.478 e. The Balaban J connectivity index is 2.30. The van der Waals surface area contributed by atoms with Crippen LogP contribution in [0.5, 0.6) is 11.5 Å². The van der Waals surface area contributed by atoms with Crippen molar-refractivity contribution in [2.75, 3.05) is 11.1 Å². The lowest BCUT2D eigenvalue weighted by Crippen LogP contribution is -2.15. The van der Waals surface area contributed by atoms with Crippen LogP contribution in [0.25, 0.3) is 0 Å². The molecule has 2 aromatic carbocycles. The van der Waals surface area contributed by atoms with E-state index in [-0.39, 0.29) is 28.2 Å². The highest BCUT2D eigenvalue weighted by Crippen LogP contribution is 2.49. The third kappa shape index (κ3) is 2.13. The lowest BCUT2D eigenvalue weighted by atomic mass is 10.0. The molecule has 2 aromatic rings. The molecule has 0 fully saturated rings. The van der Waals surface area contributed by atoms with Gasteiger partial charge in [0.05, 0.1) is 16.9 Å². The van der Waals surface area contributed by atoms with Crippen LogP contribution in [0.15, 0.2) is 18.2 Å². The summed E-state index contributed by atoms with van der Waals surface area (Å²) in [4.78, 5) is 22.9. The smallest absolute Gasteiger partial charge is 0.340 e. The fourth-order valence-corrected chi connectivity index (χ4v) is 2.65. The van der Waals surface area contributed by atoms with Crippen molar-refractivity contribution < 1.29 is 24.5 Å². The number of fused-ring (bicyclic) bond motifs is 2. The maximum Gasteiger partial charge on any atom is 0.340 e. The number of benzene rings is 2. The van der Waals surface area contributed by atoms with Crippen molar-refractivity contribution in [3.63, 3.8) is 0 Å². The number of hydrogen-bond donors (Lipinski definition) is 4. The van der Waals surface area contributed by atoms with Crippen molar-refractivity contribution >= 4 is 29.0 Å². The average molecular weight is 314 g/mol. The van der Waals surface area contributed by atoms with E-state index in [0.29, 0.717) is 17.1 Å². The van der Waals surface area contributed by atoms with Crippen LogP contribution >= 0.6 is 0 Å². The van der Waals surface area contributed by atoms with Crippen LogP contribution in [-0.2, 0) is 0 Å². The van der Waals surface area contributed by atoms with Crippen molar-refractivity contribution in [2.24, 2.45) is 0 Å². The fraction of sp³-hybridized carbons (Fsp3) is 0.125. The number of carboxylic acids is 2. The quantitative estimate of drug-likeness (QED) is 0.536. The first-order chi connectivity index (χ1) is 10.8. The average Bonchev–Trinajstić information content (AvgIpc) is 2.45. The summed E-state index contributed by atoms with van der Waals surface area (Å²) in [5, 5.41) is 21.6. The van der Waals surface area contributed by atoms with Crippen LogP contribution in [0.3, 0.4) is 0 Å². The number of anilines is 3. The molecule has 0 radical (unpaired) electrons. The molecule has 5 N–H and O–H groups in total. The third-order valence-corrected chi connectivity index (χ3v) is 3.75. The second kappa shape index (κ2) is 4.91.